The summed E-state index contributed by atoms with van der Waals surface area (Å²) in [5.41, 5.74) is 4.89. The van der Waals surface area contributed by atoms with Gasteiger partial charge in [-0.05, 0) is 0 Å². The molecular weight excluding hydrogens is 162 g/mol. The van der Waals surface area contributed by atoms with Crippen LogP contribution in [-0.2, 0) is 20.3 Å². The van der Waals surface area contributed by atoms with E-state index in [9.17, 15) is 9.00 Å². The molecule has 0 rings (SSSR count). The minimum Gasteiger partial charge on any atom is -0.394 e. The van der Waals surface area contributed by atoms with Gasteiger partial charge < -0.3 is 15.0 Å². The molecule has 4 N–H and O–H groups in total. The molecule has 0 amide bonds. The maximum atomic E-state index is 10.3. The second-order valence-electron chi connectivity index (χ2n) is 1.41. The van der Waals surface area contributed by atoms with Gasteiger partial charge >= 0.3 is 17.3 Å². The third-order valence-electron chi connectivity index (χ3n) is 0.653. The molecule has 0 fully saturated rings. The summed E-state index contributed by atoms with van der Waals surface area (Å²) in [5, 5.41) is 8.21. The lowest BCUT2D eigenvalue weighted by Crippen LogP contribution is -2.35. The molecule has 1 unspecified atom stereocenters. The first kappa shape index (κ1) is 9.50. The van der Waals surface area contributed by atoms with Crippen LogP contribution in [0, 0.1) is 0 Å². The molecule has 0 aliphatic rings. The Kier molecular flexibility index (Phi) is 4.12. The lowest BCUT2D eigenvalue weighted by atomic mass is 10.3. The maximum absolute atomic E-state index is 10.3. The van der Waals surface area contributed by atoms with Crippen molar-refractivity contribution in [3.05, 3.63) is 0 Å². The number of nitrogens with two attached hydrogens (primary N) is 1. The summed E-state index contributed by atoms with van der Waals surface area (Å²) in [5.74, 6) is -1.11. The normalized spacial score (nSPS) is 15.9. The molecule has 60 valence electrons. The van der Waals surface area contributed by atoms with E-state index in [1.54, 1.807) is 0 Å². The lowest BCUT2D eigenvalue weighted by molar-refractivity contribution is -0.136. The Morgan fingerprint density at radius 3 is 2.60 bits per heavy atom. The predicted molar refractivity (Wildman–Crippen MR) is 31.9 cm³/mol. The molecule has 10 heavy (non-hydrogen) atoms. The second-order valence-corrected chi connectivity index (χ2v) is 2.01. The number of rotatable bonds is 3. The zero-order valence-electron chi connectivity index (χ0n) is 4.89. The van der Waals surface area contributed by atoms with E-state index in [4.69, 9.17) is 15.4 Å². The smallest absolute Gasteiger partial charge is 0.360 e. The van der Waals surface area contributed by atoms with Crippen LogP contribution in [0.25, 0.3) is 0 Å². The summed E-state index contributed by atoms with van der Waals surface area (Å²) < 4.78 is 21.4. The van der Waals surface area contributed by atoms with Gasteiger partial charge in [-0.15, -0.1) is 0 Å². The van der Waals surface area contributed by atoms with Gasteiger partial charge in [0.05, 0.1) is 6.61 Å². The van der Waals surface area contributed by atoms with Crippen molar-refractivity contribution in [2.24, 2.45) is 5.73 Å². The molecule has 0 aromatic rings. The average molecular weight is 169 g/mol. The van der Waals surface area contributed by atoms with Crippen LogP contribution in [0.5, 0.6) is 0 Å². The van der Waals surface area contributed by atoms with Gasteiger partial charge in [0.25, 0.3) is 0 Å². The van der Waals surface area contributed by atoms with Gasteiger partial charge in [-0.3, -0.25) is 4.55 Å². The van der Waals surface area contributed by atoms with E-state index in [2.05, 4.69) is 4.18 Å². The molecule has 7 heteroatoms. The van der Waals surface area contributed by atoms with Crippen molar-refractivity contribution in [3.8, 4) is 0 Å². The standard InChI is InChI=1S/C3H7NO5S/c4-2(1-5)3(6)9-10(7)8/h2,5H,1,4H2,(H,7,8)/t2-/m0/s1. The van der Waals surface area contributed by atoms with Crippen molar-refractivity contribution in [1.82, 2.24) is 0 Å². The number of aliphatic hydroxyl groups is 1. The van der Waals surface area contributed by atoms with E-state index in [0.29, 0.717) is 0 Å². The lowest BCUT2D eigenvalue weighted by Gasteiger charge is -2.02. The highest BCUT2D eigenvalue weighted by Crippen LogP contribution is 1.85. The van der Waals surface area contributed by atoms with Crippen LogP contribution in [0.15, 0.2) is 0 Å². The van der Waals surface area contributed by atoms with Gasteiger partial charge in [-0.2, -0.15) is 4.21 Å². The highest BCUT2D eigenvalue weighted by atomic mass is 32.2. The van der Waals surface area contributed by atoms with Crippen molar-refractivity contribution in [3.63, 3.8) is 0 Å². The van der Waals surface area contributed by atoms with Gasteiger partial charge in [0, 0.05) is 0 Å². The number of hydrogen-bond donors (Lipinski definition) is 3. The molecule has 0 aliphatic heterocycles. The topological polar surface area (TPSA) is 110 Å². The third kappa shape index (κ3) is 3.51. The van der Waals surface area contributed by atoms with Crippen molar-refractivity contribution in [1.29, 1.82) is 0 Å². The molecule has 0 saturated heterocycles. The molecule has 0 saturated carbocycles. The van der Waals surface area contributed by atoms with Crippen molar-refractivity contribution in [2.75, 3.05) is 6.61 Å². The first-order chi connectivity index (χ1) is 4.57. The third-order valence-corrected chi connectivity index (χ3v) is 0.960. The molecule has 0 bridgehead atoms. The largest absolute Gasteiger partial charge is 0.394 e. The van der Waals surface area contributed by atoms with Gasteiger partial charge in [0.1, 0.15) is 6.04 Å². The number of carbonyl (C=O) groups excluding carboxylic acids is 1. The van der Waals surface area contributed by atoms with Crippen LogP contribution in [-0.4, -0.2) is 32.5 Å². The van der Waals surface area contributed by atoms with Crippen LogP contribution < -0.4 is 5.73 Å². The van der Waals surface area contributed by atoms with Crippen LogP contribution in [0.3, 0.4) is 0 Å². The van der Waals surface area contributed by atoms with Crippen LogP contribution in [0.1, 0.15) is 0 Å². The molecule has 0 aromatic heterocycles. The minimum atomic E-state index is -2.66. The van der Waals surface area contributed by atoms with Crippen molar-refractivity contribution >= 4 is 17.3 Å². The monoisotopic (exact) mass is 169 g/mol. The summed E-state index contributed by atoms with van der Waals surface area (Å²) in [6.45, 7) is -0.615. The van der Waals surface area contributed by atoms with Gasteiger partial charge in [-0.25, -0.2) is 4.79 Å². The van der Waals surface area contributed by atoms with Gasteiger partial charge in [0.2, 0.25) is 0 Å². The summed E-state index contributed by atoms with van der Waals surface area (Å²) in [6.07, 6.45) is 0. The Morgan fingerprint density at radius 2 is 2.30 bits per heavy atom. The molecular formula is C3H7NO5S. The van der Waals surface area contributed by atoms with Crippen LogP contribution in [0.2, 0.25) is 0 Å². The van der Waals surface area contributed by atoms with Crippen molar-refractivity contribution in [2.45, 2.75) is 6.04 Å². The molecule has 2 atom stereocenters. The Bertz CT molecular complexity index is 148. The van der Waals surface area contributed by atoms with E-state index in [1.807, 2.05) is 0 Å². The Morgan fingerprint density at radius 1 is 1.80 bits per heavy atom. The first-order valence-electron chi connectivity index (χ1n) is 2.27. The van der Waals surface area contributed by atoms with Crippen LogP contribution in [0.4, 0.5) is 0 Å². The average Bonchev–Trinajstić information content (AvgIpc) is 1.85. The molecule has 0 aliphatic carbocycles. The Labute approximate surface area is 59.5 Å². The molecule has 0 aromatic carbocycles. The zero-order valence-corrected chi connectivity index (χ0v) is 5.71. The summed E-state index contributed by atoms with van der Waals surface area (Å²) in [7, 11) is 0. The molecule has 0 heterocycles. The fourth-order valence-corrected chi connectivity index (χ4v) is 0.471. The van der Waals surface area contributed by atoms with E-state index >= 15 is 0 Å². The summed E-state index contributed by atoms with van der Waals surface area (Å²) in [6, 6.07) is -1.25. The summed E-state index contributed by atoms with van der Waals surface area (Å²) >= 11 is -2.66. The SMILES string of the molecule is N[C@@H](CO)C(=O)OS(=O)O. The number of carbonyl (C=O) groups is 1. The number of hydrogen-bond acceptors (Lipinski definition) is 5. The first-order valence-corrected chi connectivity index (χ1v) is 3.30. The van der Waals surface area contributed by atoms with E-state index in [1.165, 1.54) is 0 Å². The molecule has 0 radical (unpaired) electrons. The fraction of sp³-hybridized carbons (Fsp3) is 0.667. The fourth-order valence-electron chi connectivity index (χ4n) is 0.207. The number of aliphatic hydroxyl groups excluding tert-OH is 1. The Balaban J connectivity index is 3.73. The zero-order chi connectivity index (χ0) is 8.15. The van der Waals surface area contributed by atoms with Gasteiger partial charge in [0.15, 0.2) is 0 Å². The highest BCUT2D eigenvalue weighted by Gasteiger charge is 2.15. The minimum absolute atomic E-state index is 0.615. The van der Waals surface area contributed by atoms with Gasteiger partial charge in [-0.1, -0.05) is 0 Å². The van der Waals surface area contributed by atoms with E-state index in [-0.39, 0.29) is 0 Å². The van der Waals surface area contributed by atoms with Crippen molar-refractivity contribution < 1.29 is 22.8 Å². The second kappa shape index (κ2) is 4.34. The maximum Gasteiger partial charge on any atom is 0.360 e. The Hall–Kier alpha value is -0.500. The predicted octanol–water partition coefficient (Wildman–Crippen LogP) is -2.01. The van der Waals surface area contributed by atoms with E-state index < -0.39 is 30.0 Å². The molecule has 6 nitrogen and oxygen atoms in total. The summed E-state index contributed by atoms with van der Waals surface area (Å²) in [4.78, 5) is 10.3. The van der Waals surface area contributed by atoms with E-state index in [0.717, 1.165) is 0 Å². The van der Waals surface area contributed by atoms with Crippen LogP contribution >= 0.6 is 0 Å². The molecule has 0 spiro atoms. The highest BCUT2D eigenvalue weighted by molar-refractivity contribution is 7.74. The quantitative estimate of drug-likeness (QED) is 0.421.